The van der Waals surface area contributed by atoms with Gasteiger partial charge in [0.15, 0.2) is 0 Å². The van der Waals surface area contributed by atoms with E-state index in [9.17, 15) is 19.7 Å². The lowest BCUT2D eigenvalue weighted by atomic mass is 10.1. The maximum atomic E-state index is 12.3. The highest BCUT2D eigenvalue weighted by Crippen LogP contribution is 2.27. The summed E-state index contributed by atoms with van der Waals surface area (Å²) >= 11 is 0. The molecule has 2 amide bonds. The molecule has 1 aromatic heterocycles. The number of nitro groups is 1. The molecule has 0 aliphatic carbocycles. The lowest BCUT2D eigenvalue weighted by Gasteiger charge is -2.15. The lowest BCUT2D eigenvalue weighted by Crippen LogP contribution is -2.29. The van der Waals surface area contributed by atoms with Crippen molar-refractivity contribution in [1.29, 1.82) is 0 Å². The minimum atomic E-state index is -0.645. The maximum Gasteiger partial charge on any atom is 0.311 e. The Morgan fingerprint density at radius 3 is 2.30 bits per heavy atom. The second kappa shape index (κ2) is 5.16. The topological polar surface area (TPSA) is 119 Å². The molecule has 8 heteroatoms. The van der Waals surface area contributed by atoms with Crippen LogP contribution >= 0.6 is 0 Å². The molecule has 1 aliphatic heterocycles. The summed E-state index contributed by atoms with van der Waals surface area (Å²) < 4.78 is 0. The van der Waals surface area contributed by atoms with Gasteiger partial charge in [-0.3, -0.25) is 24.6 Å². The van der Waals surface area contributed by atoms with Gasteiger partial charge in [-0.15, -0.1) is 0 Å². The molecular weight excluding hydrogens is 300 g/mol. The zero-order valence-corrected chi connectivity index (χ0v) is 12.1. The summed E-state index contributed by atoms with van der Waals surface area (Å²) in [5, 5.41) is 11.0. The van der Waals surface area contributed by atoms with Gasteiger partial charge in [-0.25, -0.2) is 4.98 Å². The van der Waals surface area contributed by atoms with Crippen LogP contribution in [0.5, 0.6) is 0 Å². The number of nitrogens with two attached hydrogens (primary N) is 1. The number of aromatic nitrogens is 1. The Kier molecular flexibility index (Phi) is 3.29. The first-order valence-corrected chi connectivity index (χ1v) is 6.75. The van der Waals surface area contributed by atoms with Crippen LogP contribution in [0.1, 0.15) is 32.0 Å². The molecule has 0 bridgehead atoms. The maximum absolute atomic E-state index is 12.3. The number of fused-ring (bicyclic) bond motifs is 1. The monoisotopic (exact) mass is 312 g/mol. The molecule has 0 radical (unpaired) electrons. The fourth-order valence-corrected chi connectivity index (χ4v) is 2.51. The van der Waals surface area contributed by atoms with Crippen LogP contribution in [0.4, 0.5) is 11.5 Å². The zero-order chi connectivity index (χ0) is 16.7. The highest BCUT2D eigenvalue weighted by Gasteiger charge is 2.35. The first-order chi connectivity index (χ1) is 10.9. The van der Waals surface area contributed by atoms with Crippen LogP contribution in [0.15, 0.2) is 30.3 Å². The summed E-state index contributed by atoms with van der Waals surface area (Å²) in [6.45, 7) is 1.53. The van der Waals surface area contributed by atoms with Crippen molar-refractivity contribution in [2.75, 3.05) is 5.73 Å². The Morgan fingerprint density at radius 2 is 1.78 bits per heavy atom. The predicted octanol–water partition coefficient (Wildman–Crippen LogP) is 1.68. The van der Waals surface area contributed by atoms with Gasteiger partial charge in [0.2, 0.25) is 5.82 Å². The van der Waals surface area contributed by atoms with Crippen molar-refractivity contribution in [2.24, 2.45) is 0 Å². The Morgan fingerprint density at radius 1 is 1.22 bits per heavy atom. The van der Waals surface area contributed by atoms with Crippen molar-refractivity contribution < 1.29 is 14.5 Å². The molecular formula is C15H12N4O4. The van der Waals surface area contributed by atoms with E-state index in [2.05, 4.69) is 4.98 Å². The van der Waals surface area contributed by atoms with Crippen LogP contribution in [0, 0.1) is 17.0 Å². The van der Waals surface area contributed by atoms with Crippen molar-refractivity contribution in [1.82, 2.24) is 9.88 Å². The Labute approximate surface area is 130 Å². The average molecular weight is 312 g/mol. The normalized spacial score (nSPS) is 13.3. The summed E-state index contributed by atoms with van der Waals surface area (Å²) in [5.41, 5.74) is 6.67. The number of nitrogens with zero attached hydrogens (tertiary/aromatic N) is 3. The summed E-state index contributed by atoms with van der Waals surface area (Å²) in [5.74, 6) is -1.05. The summed E-state index contributed by atoms with van der Waals surface area (Å²) in [4.78, 5) is 40.0. The minimum Gasteiger partial charge on any atom is -0.378 e. The first-order valence-electron chi connectivity index (χ1n) is 6.75. The van der Waals surface area contributed by atoms with Gasteiger partial charge >= 0.3 is 5.69 Å². The van der Waals surface area contributed by atoms with E-state index < -0.39 is 16.7 Å². The minimum absolute atomic E-state index is 0.0910. The van der Waals surface area contributed by atoms with Crippen molar-refractivity contribution >= 4 is 23.3 Å². The van der Waals surface area contributed by atoms with Crippen LogP contribution in [0.3, 0.4) is 0 Å². The number of pyridine rings is 1. The zero-order valence-electron chi connectivity index (χ0n) is 12.1. The van der Waals surface area contributed by atoms with E-state index in [4.69, 9.17) is 5.73 Å². The number of rotatable bonds is 3. The number of nitrogen functional groups attached to an aromatic ring is 1. The average Bonchev–Trinajstić information content (AvgIpc) is 2.75. The van der Waals surface area contributed by atoms with Crippen LogP contribution in [0.2, 0.25) is 0 Å². The molecule has 2 N–H and O–H groups in total. The van der Waals surface area contributed by atoms with E-state index in [1.165, 1.54) is 6.07 Å². The van der Waals surface area contributed by atoms with Crippen molar-refractivity contribution in [3.05, 3.63) is 62.8 Å². The molecule has 1 aromatic carbocycles. The van der Waals surface area contributed by atoms with E-state index in [1.54, 1.807) is 31.2 Å². The number of anilines is 1. The number of carbonyl (C=O) groups is 2. The van der Waals surface area contributed by atoms with Gasteiger partial charge in [0.1, 0.15) is 0 Å². The number of imide groups is 1. The number of hydrogen-bond donors (Lipinski definition) is 1. The van der Waals surface area contributed by atoms with Crippen LogP contribution in [0.25, 0.3) is 0 Å². The van der Waals surface area contributed by atoms with Crippen LogP contribution in [-0.4, -0.2) is 26.6 Å². The molecule has 1 aliphatic rings. The Balaban J connectivity index is 1.98. The molecule has 3 rings (SSSR count). The number of benzene rings is 1. The molecule has 0 saturated heterocycles. The molecule has 23 heavy (non-hydrogen) atoms. The second-order valence-corrected chi connectivity index (χ2v) is 5.14. The quantitative estimate of drug-likeness (QED) is 0.523. The summed E-state index contributed by atoms with van der Waals surface area (Å²) in [6, 6.07) is 7.75. The summed E-state index contributed by atoms with van der Waals surface area (Å²) in [7, 11) is 0. The molecule has 8 nitrogen and oxygen atoms in total. The number of hydrogen-bond acceptors (Lipinski definition) is 6. The predicted molar refractivity (Wildman–Crippen MR) is 80.7 cm³/mol. The van der Waals surface area contributed by atoms with Crippen molar-refractivity contribution in [3.8, 4) is 0 Å². The van der Waals surface area contributed by atoms with Gasteiger partial charge in [-0.2, -0.15) is 0 Å². The Bertz CT molecular complexity index is 828. The van der Waals surface area contributed by atoms with Gasteiger partial charge in [-0.1, -0.05) is 12.1 Å². The van der Waals surface area contributed by atoms with Gasteiger partial charge in [0.05, 0.1) is 22.6 Å². The van der Waals surface area contributed by atoms with E-state index >= 15 is 0 Å². The fourth-order valence-electron chi connectivity index (χ4n) is 2.51. The molecule has 0 fully saturated rings. The van der Waals surface area contributed by atoms with E-state index in [-0.39, 0.29) is 18.1 Å². The largest absolute Gasteiger partial charge is 0.378 e. The van der Waals surface area contributed by atoms with Crippen molar-refractivity contribution in [2.45, 2.75) is 13.5 Å². The van der Waals surface area contributed by atoms with Gasteiger partial charge in [0, 0.05) is 17.3 Å². The first kappa shape index (κ1) is 14.6. The summed E-state index contributed by atoms with van der Waals surface area (Å²) in [6.07, 6.45) is 0. The molecule has 0 atom stereocenters. The number of carbonyl (C=O) groups excluding carboxylic acids is 2. The SMILES string of the molecule is Cc1nc(N)c([N+](=O)[O-])cc1CN1C(=O)c2ccccc2C1=O. The Hall–Kier alpha value is -3.29. The molecule has 2 aromatic rings. The van der Waals surface area contributed by atoms with Gasteiger partial charge < -0.3 is 5.73 Å². The third-order valence-electron chi connectivity index (χ3n) is 3.73. The molecule has 0 spiro atoms. The standard InChI is InChI=1S/C15H12N4O4/c1-8-9(6-12(19(22)23)13(16)17-8)7-18-14(20)10-4-2-3-5-11(10)15(18)21/h2-6H,7H2,1H3,(H2,16,17). The van der Waals surface area contributed by atoms with Crippen LogP contribution < -0.4 is 5.73 Å². The van der Waals surface area contributed by atoms with Gasteiger partial charge in [0.25, 0.3) is 11.8 Å². The van der Waals surface area contributed by atoms with Crippen molar-refractivity contribution in [3.63, 3.8) is 0 Å². The van der Waals surface area contributed by atoms with E-state index in [0.29, 0.717) is 22.4 Å². The molecule has 0 saturated carbocycles. The highest BCUT2D eigenvalue weighted by atomic mass is 16.6. The third kappa shape index (κ3) is 2.30. The molecule has 0 unspecified atom stereocenters. The molecule has 2 heterocycles. The van der Waals surface area contributed by atoms with Gasteiger partial charge in [-0.05, 0) is 19.1 Å². The lowest BCUT2D eigenvalue weighted by molar-refractivity contribution is -0.384. The number of amides is 2. The number of aryl methyl sites for hydroxylation is 1. The van der Waals surface area contributed by atoms with Crippen LogP contribution in [-0.2, 0) is 6.54 Å². The second-order valence-electron chi connectivity index (χ2n) is 5.14. The van der Waals surface area contributed by atoms with E-state index in [1.807, 2.05) is 0 Å². The third-order valence-corrected chi connectivity index (χ3v) is 3.73. The van der Waals surface area contributed by atoms with E-state index in [0.717, 1.165) is 4.90 Å². The molecule has 116 valence electrons. The fraction of sp³-hybridized carbons (Fsp3) is 0.133. The smallest absolute Gasteiger partial charge is 0.311 e. The highest BCUT2D eigenvalue weighted by molar-refractivity contribution is 6.21.